The molecule has 4 N–H and O–H groups in total. The van der Waals surface area contributed by atoms with Gasteiger partial charge in [-0.25, -0.2) is 4.68 Å². The van der Waals surface area contributed by atoms with E-state index in [4.69, 9.17) is 22.1 Å². The smallest absolute Gasteiger partial charge is 0.289 e. The van der Waals surface area contributed by atoms with E-state index in [0.29, 0.717) is 23.2 Å². The molecule has 1 aromatic carbocycles. The lowest BCUT2D eigenvalue weighted by atomic mass is 10.1. The summed E-state index contributed by atoms with van der Waals surface area (Å²) in [6, 6.07) is 8.08. The predicted octanol–water partition coefficient (Wildman–Crippen LogP) is 3.78. The van der Waals surface area contributed by atoms with Crippen LogP contribution in [0.5, 0.6) is 0 Å². The number of rotatable bonds is 8. The Balaban J connectivity index is 1.52. The lowest BCUT2D eigenvalue weighted by Gasteiger charge is -2.23. The first-order chi connectivity index (χ1) is 16.4. The average Bonchev–Trinajstić information content (AvgIpc) is 3.44. The second kappa shape index (κ2) is 10.8. The van der Waals surface area contributed by atoms with Gasteiger partial charge in [0, 0.05) is 24.8 Å². The Morgan fingerprint density at radius 2 is 2.18 bits per heavy atom. The molecule has 180 valence electrons. The normalized spacial score (nSPS) is 16.6. The highest BCUT2D eigenvalue weighted by atomic mass is 35.5. The highest BCUT2D eigenvalue weighted by Gasteiger charge is 2.19. The first-order valence-corrected chi connectivity index (χ1v) is 11.8. The Morgan fingerprint density at radius 1 is 1.35 bits per heavy atom. The lowest BCUT2D eigenvalue weighted by molar-refractivity contribution is 0.152. The Bertz CT molecular complexity index is 1160. The highest BCUT2D eigenvalue weighted by molar-refractivity contribution is 6.30. The van der Waals surface area contributed by atoms with Crippen LogP contribution >= 0.6 is 11.6 Å². The lowest BCUT2D eigenvalue weighted by Crippen LogP contribution is -2.38. The minimum atomic E-state index is 0.0185. The fourth-order valence-corrected chi connectivity index (χ4v) is 4.02. The monoisotopic (exact) mass is 482 g/mol. The van der Waals surface area contributed by atoms with Gasteiger partial charge in [0.15, 0.2) is 5.82 Å². The van der Waals surface area contributed by atoms with Gasteiger partial charge in [0.25, 0.3) is 6.02 Å². The van der Waals surface area contributed by atoms with E-state index in [9.17, 15) is 0 Å². The number of aliphatic imine (C=N–C) groups is 1. The van der Waals surface area contributed by atoms with Crippen molar-refractivity contribution < 1.29 is 4.74 Å². The second-order valence-corrected chi connectivity index (χ2v) is 8.99. The Hall–Kier alpha value is -3.30. The molecular formula is C24H31ClN8O. The molecule has 4 rings (SSSR count). The fourth-order valence-electron chi connectivity index (χ4n) is 3.88. The van der Waals surface area contributed by atoms with Gasteiger partial charge in [-0.2, -0.15) is 19.9 Å². The summed E-state index contributed by atoms with van der Waals surface area (Å²) in [7, 11) is 0. The van der Waals surface area contributed by atoms with Crippen molar-refractivity contribution in [2.24, 2.45) is 10.7 Å². The van der Waals surface area contributed by atoms with E-state index in [1.54, 1.807) is 28.0 Å². The molecule has 1 atom stereocenters. The van der Waals surface area contributed by atoms with Crippen LogP contribution in [0.1, 0.15) is 43.7 Å². The number of para-hydroxylation sites is 1. The van der Waals surface area contributed by atoms with Gasteiger partial charge in [-0.05, 0) is 36.9 Å². The Kier molecular flexibility index (Phi) is 7.54. The first-order valence-electron chi connectivity index (χ1n) is 11.4. The molecule has 1 fully saturated rings. The molecular weight excluding hydrogens is 452 g/mol. The molecule has 9 nitrogen and oxygen atoms in total. The Morgan fingerprint density at radius 3 is 2.88 bits per heavy atom. The molecule has 0 aliphatic carbocycles. The molecule has 0 bridgehead atoms. The van der Waals surface area contributed by atoms with Gasteiger partial charge in [-0.3, -0.25) is 0 Å². The van der Waals surface area contributed by atoms with Crippen molar-refractivity contribution in [3.8, 4) is 5.69 Å². The molecule has 3 heterocycles. The number of nitrogens with one attached hydrogen (secondary N) is 2. The Labute approximate surface area is 204 Å². The number of nitrogens with two attached hydrogens (primary N) is 1. The van der Waals surface area contributed by atoms with E-state index in [1.165, 1.54) is 0 Å². The average molecular weight is 483 g/mol. The number of benzene rings is 1. The molecule has 10 heteroatoms. The summed E-state index contributed by atoms with van der Waals surface area (Å²) in [5.41, 5.74) is 9.09. The summed E-state index contributed by atoms with van der Waals surface area (Å²) in [6.45, 7) is 10.6. The highest BCUT2D eigenvalue weighted by Crippen LogP contribution is 2.28. The minimum absolute atomic E-state index is 0.0185. The van der Waals surface area contributed by atoms with Gasteiger partial charge in [-0.15, -0.1) is 0 Å². The van der Waals surface area contributed by atoms with Gasteiger partial charge >= 0.3 is 0 Å². The van der Waals surface area contributed by atoms with Crippen LogP contribution < -0.4 is 16.4 Å². The van der Waals surface area contributed by atoms with Crippen LogP contribution in [0, 0.1) is 0 Å². The van der Waals surface area contributed by atoms with Gasteiger partial charge in [0.05, 0.1) is 23.1 Å². The third kappa shape index (κ3) is 5.60. The van der Waals surface area contributed by atoms with Crippen LogP contribution in [0.15, 0.2) is 54.4 Å². The van der Waals surface area contributed by atoms with E-state index in [1.807, 2.05) is 24.3 Å². The summed E-state index contributed by atoms with van der Waals surface area (Å²) in [5, 5.41) is 16.1. The number of piperidine rings is 1. The third-order valence-corrected chi connectivity index (χ3v) is 5.87. The molecule has 0 radical (unpaired) electrons. The van der Waals surface area contributed by atoms with Gasteiger partial charge in [0.2, 0.25) is 0 Å². The van der Waals surface area contributed by atoms with Crippen LogP contribution in [0.2, 0.25) is 5.02 Å². The van der Waals surface area contributed by atoms with Gasteiger partial charge in [-0.1, -0.05) is 50.2 Å². The van der Waals surface area contributed by atoms with Crippen molar-refractivity contribution in [3.63, 3.8) is 0 Å². The summed E-state index contributed by atoms with van der Waals surface area (Å²) in [5.74, 6) is 1.39. The minimum Gasteiger partial charge on any atom is -0.460 e. The molecule has 1 aliphatic heterocycles. The first kappa shape index (κ1) is 23.8. The number of halogens is 1. The van der Waals surface area contributed by atoms with E-state index in [0.717, 1.165) is 42.7 Å². The van der Waals surface area contributed by atoms with Crippen LogP contribution in [0.25, 0.3) is 11.5 Å². The maximum Gasteiger partial charge on any atom is 0.289 e. The van der Waals surface area contributed by atoms with E-state index < -0.39 is 0 Å². The van der Waals surface area contributed by atoms with Gasteiger partial charge < -0.3 is 21.1 Å². The molecule has 0 amide bonds. The van der Waals surface area contributed by atoms with E-state index in [2.05, 4.69) is 46.2 Å². The molecule has 0 saturated carbocycles. The van der Waals surface area contributed by atoms with Crippen molar-refractivity contribution in [2.75, 3.05) is 13.1 Å². The molecule has 3 aromatic rings. The van der Waals surface area contributed by atoms with Crippen molar-refractivity contribution >= 4 is 29.3 Å². The second-order valence-electron chi connectivity index (χ2n) is 8.56. The summed E-state index contributed by atoms with van der Waals surface area (Å²) < 4.78 is 9.30. The SMILES string of the molecule is C=C(NCc1ccccc1-n1cc(Cl)cn1)n1ncc(C(C)C)c1/N=C(\N)OC1CCCNC1. The predicted molar refractivity (Wildman–Crippen MR) is 135 cm³/mol. The quantitative estimate of drug-likeness (QED) is 0.333. The number of hydrogen-bond acceptors (Lipinski definition) is 6. The number of aromatic nitrogens is 4. The number of nitrogens with zero attached hydrogens (tertiary/aromatic N) is 5. The number of ether oxygens (including phenoxy) is 1. The molecule has 1 saturated heterocycles. The zero-order valence-corrected chi connectivity index (χ0v) is 20.3. The fraction of sp³-hybridized carbons (Fsp3) is 0.375. The van der Waals surface area contributed by atoms with Gasteiger partial charge in [0.1, 0.15) is 11.9 Å². The zero-order valence-electron chi connectivity index (χ0n) is 19.5. The zero-order chi connectivity index (χ0) is 24.1. The summed E-state index contributed by atoms with van der Waals surface area (Å²) >= 11 is 6.06. The van der Waals surface area contributed by atoms with E-state index in [-0.39, 0.29) is 18.0 Å². The topological polar surface area (TPSA) is 107 Å². The van der Waals surface area contributed by atoms with Crippen LogP contribution in [0.4, 0.5) is 5.82 Å². The maximum absolute atomic E-state index is 6.17. The third-order valence-electron chi connectivity index (χ3n) is 5.68. The molecule has 0 spiro atoms. The molecule has 1 unspecified atom stereocenters. The van der Waals surface area contributed by atoms with Crippen molar-refractivity contribution in [3.05, 3.63) is 65.6 Å². The maximum atomic E-state index is 6.17. The summed E-state index contributed by atoms with van der Waals surface area (Å²) in [6.07, 6.45) is 7.21. The number of amidine groups is 1. The largest absolute Gasteiger partial charge is 0.460 e. The molecule has 34 heavy (non-hydrogen) atoms. The van der Waals surface area contributed by atoms with E-state index >= 15 is 0 Å². The van der Waals surface area contributed by atoms with Crippen LogP contribution in [0.3, 0.4) is 0 Å². The number of hydrogen-bond donors (Lipinski definition) is 3. The van der Waals surface area contributed by atoms with Crippen molar-refractivity contribution in [1.82, 2.24) is 30.2 Å². The molecule has 2 aromatic heterocycles. The van der Waals surface area contributed by atoms with Crippen molar-refractivity contribution in [1.29, 1.82) is 0 Å². The van der Waals surface area contributed by atoms with Crippen LogP contribution in [-0.4, -0.2) is 44.8 Å². The van der Waals surface area contributed by atoms with Crippen molar-refractivity contribution in [2.45, 2.75) is 45.3 Å². The summed E-state index contributed by atoms with van der Waals surface area (Å²) in [4.78, 5) is 4.59. The van der Waals surface area contributed by atoms with Crippen LogP contribution in [-0.2, 0) is 11.3 Å². The standard InChI is InChI=1S/C24H31ClN8O/c1-16(2)21-14-30-33(23(21)31-24(26)34-20-8-6-10-27-13-20)17(3)28-11-18-7-4-5-9-22(18)32-15-19(25)12-29-32/h4-5,7,9,12,14-16,20,27-28H,3,6,8,10-11,13H2,1-2H3,(H2,26,31). The molecule has 1 aliphatic rings.